The van der Waals surface area contributed by atoms with Gasteiger partial charge in [0.15, 0.2) is 0 Å². The van der Waals surface area contributed by atoms with Crippen molar-refractivity contribution in [1.29, 1.82) is 0 Å². The zero-order valence-electron chi connectivity index (χ0n) is 11.0. The molecule has 5 nitrogen and oxygen atoms in total. The molecule has 0 atom stereocenters. The van der Waals surface area contributed by atoms with Crippen molar-refractivity contribution in [3.8, 4) is 0 Å². The lowest BCUT2D eigenvalue weighted by atomic mass is 10.2. The molecule has 0 aliphatic heterocycles. The molecule has 0 saturated carbocycles. The summed E-state index contributed by atoms with van der Waals surface area (Å²) in [7, 11) is 0. The molecular formula is C13H18N2O3. The highest BCUT2D eigenvalue weighted by atomic mass is 16.5. The summed E-state index contributed by atoms with van der Waals surface area (Å²) < 4.78 is 4.83. The molecule has 0 radical (unpaired) electrons. The fraction of sp³-hybridized carbons (Fsp3) is 0.462. The fourth-order valence-corrected chi connectivity index (χ4v) is 1.54. The van der Waals surface area contributed by atoms with Crippen LogP contribution in [0.4, 0.5) is 5.82 Å². The van der Waals surface area contributed by atoms with Gasteiger partial charge in [0.05, 0.1) is 13.0 Å². The molecular weight excluding hydrogens is 232 g/mol. The molecule has 0 unspecified atom stereocenters. The second kappa shape index (κ2) is 6.74. The Morgan fingerprint density at radius 3 is 2.72 bits per heavy atom. The van der Waals surface area contributed by atoms with E-state index in [0.29, 0.717) is 12.4 Å². The zero-order chi connectivity index (χ0) is 13.5. The topological polar surface area (TPSA) is 59.5 Å². The third-order valence-electron chi connectivity index (χ3n) is 2.40. The second-order valence-corrected chi connectivity index (χ2v) is 3.92. The van der Waals surface area contributed by atoms with Gasteiger partial charge in [0.2, 0.25) is 5.91 Å². The minimum absolute atomic E-state index is 0.141. The quantitative estimate of drug-likeness (QED) is 0.746. The predicted molar refractivity (Wildman–Crippen MR) is 68.3 cm³/mol. The molecule has 1 rings (SSSR count). The number of aromatic nitrogens is 1. The van der Waals surface area contributed by atoms with Crippen LogP contribution in [0.3, 0.4) is 0 Å². The minimum atomic E-state index is -0.309. The summed E-state index contributed by atoms with van der Waals surface area (Å²) >= 11 is 0. The first-order chi connectivity index (χ1) is 8.54. The van der Waals surface area contributed by atoms with Crippen molar-refractivity contribution in [1.82, 2.24) is 4.98 Å². The molecule has 0 aliphatic rings. The number of hydrogen-bond donors (Lipinski definition) is 0. The largest absolute Gasteiger partial charge is 0.466 e. The van der Waals surface area contributed by atoms with E-state index in [1.807, 2.05) is 19.1 Å². The predicted octanol–water partition coefficient (Wildman–Crippen LogP) is 1.70. The van der Waals surface area contributed by atoms with E-state index in [4.69, 9.17) is 4.74 Å². The molecule has 0 aromatic carbocycles. The number of hydrogen-bond acceptors (Lipinski definition) is 4. The number of carbonyl (C=O) groups is 2. The van der Waals surface area contributed by atoms with Gasteiger partial charge in [-0.15, -0.1) is 0 Å². The van der Waals surface area contributed by atoms with E-state index in [0.717, 1.165) is 5.56 Å². The summed E-state index contributed by atoms with van der Waals surface area (Å²) in [6.07, 6.45) is 1.81. The number of esters is 1. The van der Waals surface area contributed by atoms with E-state index in [-0.39, 0.29) is 24.8 Å². The lowest BCUT2D eigenvalue weighted by Crippen LogP contribution is -2.31. The number of carbonyl (C=O) groups excluding carboxylic acids is 2. The highest BCUT2D eigenvalue weighted by Gasteiger charge is 2.14. The standard InChI is InChI=1S/C13H18N2O3/c1-4-18-13(17)6-8-15(11(3)16)12-9-10(2)5-7-14-12/h5,7,9H,4,6,8H2,1-3H3. The summed E-state index contributed by atoms with van der Waals surface area (Å²) in [6.45, 7) is 5.76. The maximum absolute atomic E-state index is 11.6. The Kier molecular flexibility index (Phi) is 5.30. The van der Waals surface area contributed by atoms with Crippen LogP contribution in [-0.4, -0.2) is 30.0 Å². The number of anilines is 1. The highest BCUT2D eigenvalue weighted by molar-refractivity contribution is 5.91. The van der Waals surface area contributed by atoms with Gasteiger partial charge in [0.1, 0.15) is 5.82 Å². The van der Waals surface area contributed by atoms with Gasteiger partial charge in [0.25, 0.3) is 0 Å². The third-order valence-corrected chi connectivity index (χ3v) is 2.40. The molecule has 0 saturated heterocycles. The summed E-state index contributed by atoms with van der Waals surface area (Å²) in [5.41, 5.74) is 1.02. The van der Waals surface area contributed by atoms with Crippen molar-refractivity contribution < 1.29 is 14.3 Å². The van der Waals surface area contributed by atoms with Gasteiger partial charge in [-0.05, 0) is 31.5 Å². The van der Waals surface area contributed by atoms with E-state index >= 15 is 0 Å². The third kappa shape index (κ3) is 4.16. The summed E-state index contributed by atoms with van der Waals surface area (Å²) in [4.78, 5) is 28.5. The van der Waals surface area contributed by atoms with Crippen molar-refractivity contribution in [3.63, 3.8) is 0 Å². The number of ether oxygens (including phenoxy) is 1. The summed E-state index contributed by atoms with van der Waals surface area (Å²) in [5, 5.41) is 0. The van der Waals surface area contributed by atoms with Crippen LogP contribution in [0.2, 0.25) is 0 Å². The van der Waals surface area contributed by atoms with Crippen LogP contribution in [0.25, 0.3) is 0 Å². The SMILES string of the molecule is CCOC(=O)CCN(C(C)=O)c1cc(C)ccn1. The van der Waals surface area contributed by atoms with Crippen molar-refractivity contribution >= 4 is 17.7 Å². The molecule has 98 valence electrons. The van der Waals surface area contributed by atoms with Crippen LogP contribution in [0.5, 0.6) is 0 Å². The van der Waals surface area contributed by atoms with Gasteiger partial charge in [-0.3, -0.25) is 14.5 Å². The van der Waals surface area contributed by atoms with Gasteiger partial charge < -0.3 is 4.74 Å². The molecule has 1 amide bonds. The first kappa shape index (κ1) is 14.2. The maximum Gasteiger partial charge on any atom is 0.307 e. The number of pyridine rings is 1. The molecule has 18 heavy (non-hydrogen) atoms. The lowest BCUT2D eigenvalue weighted by Gasteiger charge is -2.19. The Labute approximate surface area is 107 Å². The van der Waals surface area contributed by atoms with E-state index in [2.05, 4.69) is 4.98 Å². The van der Waals surface area contributed by atoms with Crippen molar-refractivity contribution in [3.05, 3.63) is 23.9 Å². The van der Waals surface area contributed by atoms with Crippen LogP contribution >= 0.6 is 0 Å². The molecule has 0 spiro atoms. The van der Waals surface area contributed by atoms with E-state index < -0.39 is 0 Å². The van der Waals surface area contributed by atoms with Crippen LogP contribution in [-0.2, 0) is 14.3 Å². The molecule has 0 bridgehead atoms. The molecule has 1 heterocycles. The average molecular weight is 250 g/mol. The number of aryl methyl sites for hydroxylation is 1. The van der Waals surface area contributed by atoms with Gasteiger partial charge >= 0.3 is 5.97 Å². The van der Waals surface area contributed by atoms with Gasteiger partial charge in [0, 0.05) is 19.7 Å². The molecule has 0 N–H and O–H groups in total. The van der Waals surface area contributed by atoms with Crippen LogP contribution in [0.15, 0.2) is 18.3 Å². The summed E-state index contributed by atoms with van der Waals surface area (Å²) in [6, 6.07) is 3.67. The summed E-state index contributed by atoms with van der Waals surface area (Å²) in [5.74, 6) is 0.112. The highest BCUT2D eigenvalue weighted by Crippen LogP contribution is 2.13. The Bertz CT molecular complexity index is 432. The molecule has 1 aromatic rings. The second-order valence-electron chi connectivity index (χ2n) is 3.92. The Morgan fingerprint density at radius 2 is 2.17 bits per heavy atom. The van der Waals surface area contributed by atoms with Gasteiger partial charge in [-0.1, -0.05) is 0 Å². The monoisotopic (exact) mass is 250 g/mol. The number of rotatable bonds is 5. The minimum Gasteiger partial charge on any atom is -0.466 e. The van der Waals surface area contributed by atoms with Crippen molar-refractivity contribution in [2.24, 2.45) is 0 Å². The van der Waals surface area contributed by atoms with Gasteiger partial charge in [-0.2, -0.15) is 0 Å². The van der Waals surface area contributed by atoms with Crippen LogP contribution in [0, 0.1) is 6.92 Å². The molecule has 0 aliphatic carbocycles. The van der Waals surface area contributed by atoms with E-state index in [1.54, 1.807) is 13.1 Å². The van der Waals surface area contributed by atoms with E-state index in [1.165, 1.54) is 11.8 Å². The molecule has 1 aromatic heterocycles. The lowest BCUT2D eigenvalue weighted by molar-refractivity contribution is -0.142. The molecule has 5 heteroatoms. The normalized spacial score (nSPS) is 9.94. The van der Waals surface area contributed by atoms with Gasteiger partial charge in [-0.25, -0.2) is 4.98 Å². The Hall–Kier alpha value is -1.91. The Balaban J connectivity index is 2.72. The average Bonchev–Trinajstić information content (AvgIpc) is 2.29. The zero-order valence-corrected chi connectivity index (χ0v) is 11.0. The van der Waals surface area contributed by atoms with Crippen LogP contribution < -0.4 is 4.90 Å². The van der Waals surface area contributed by atoms with Crippen molar-refractivity contribution in [2.75, 3.05) is 18.1 Å². The van der Waals surface area contributed by atoms with Crippen molar-refractivity contribution in [2.45, 2.75) is 27.2 Å². The first-order valence-electron chi connectivity index (χ1n) is 5.91. The van der Waals surface area contributed by atoms with Crippen LogP contribution in [0.1, 0.15) is 25.8 Å². The fourth-order valence-electron chi connectivity index (χ4n) is 1.54. The smallest absolute Gasteiger partial charge is 0.307 e. The first-order valence-corrected chi connectivity index (χ1v) is 5.91. The Morgan fingerprint density at radius 1 is 1.44 bits per heavy atom. The number of nitrogens with zero attached hydrogens (tertiary/aromatic N) is 2. The maximum atomic E-state index is 11.6. The molecule has 0 fully saturated rings. The van der Waals surface area contributed by atoms with E-state index in [9.17, 15) is 9.59 Å². The number of amides is 1.